The molecule has 2 aromatic rings. The molecule has 1 heterocycles. The smallest absolute Gasteiger partial charge is 0.258 e. The van der Waals surface area contributed by atoms with E-state index in [0.717, 1.165) is 6.07 Å². The third kappa shape index (κ3) is 4.13. The van der Waals surface area contributed by atoms with Gasteiger partial charge >= 0.3 is 0 Å². The molecule has 3 rings (SSSR count). The molecule has 0 aromatic heterocycles. The van der Waals surface area contributed by atoms with Crippen molar-refractivity contribution in [1.82, 2.24) is 10.2 Å². The molecule has 1 aliphatic heterocycles. The van der Waals surface area contributed by atoms with Crippen LogP contribution in [0.25, 0.3) is 5.70 Å². The van der Waals surface area contributed by atoms with Gasteiger partial charge in [0.2, 0.25) is 11.8 Å². The van der Waals surface area contributed by atoms with E-state index in [-0.39, 0.29) is 18.9 Å². The molecule has 0 saturated carbocycles. The molecule has 0 fully saturated rings. The van der Waals surface area contributed by atoms with Crippen LogP contribution in [-0.4, -0.2) is 35.7 Å². The van der Waals surface area contributed by atoms with Crippen LogP contribution in [0, 0.1) is 17.5 Å². The normalized spacial score (nSPS) is 12.7. The van der Waals surface area contributed by atoms with Gasteiger partial charge in [-0.25, -0.2) is 13.2 Å². The first-order chi connectivity index (χ1) is 13.8. The molecule has 6 nitrogen and oxygen atoms in total. The predicted octanol–water partition coefficient (Wildman–Crippen LogP) is 2.68. The maximum atomic E-state index is 13.5. The van der Waals surface area contributed by atoms with Crippen molar-refractivity contribution >= 4 is 29.1 Å². The van der Waals surface area contributed by atoms with Gasteiger partial charge in [0, 0.05) is 29.8 Å². The van der Waals surface area contributed by atoms with Gasteiger partial charge in [0.1, 0.15) is 0 Å². The number of benzene rings is 2. The Kier molecular flexibility index (Phi) is 5.67. The second-order valence-electron chi connectivity index (χ2n) is 6.25. The Morgan fingerprint density at radius 1 is 0.966 bits per heavy atom. The second-order valence-corrected chi connectivity index (χ2v) is 6.25. The molecule has 2 aromatic carbocycles. The molecule has 9 heteroatoms. The van der Waals surface area contributed by atoms with Crippen molar-refractivity contribution < 1.29 is 27.6 Å². The lowest BCUT2D eigenvalue weighted by Gasteiger charge is -2.17. The Labute approximate surface area is 164 Å². The molecule has 0 spiro atoms. The standard InChI is InChI=1S/C20H16F3N3O3/c1-11-12-4-2-3-5-13(12)20(29)26(11)9-8-16(27)24-10-17(28)25-15-7-6-14(21)18(22)19(15)23/h2-7H,1,8-10H2,(H,24,27)(H,25,28). The van der Waals surface area contributed by atoms with E-state index in [9.17, 15) is 27.6 Å². The summed E-state index contributed by atoms with van der Waals surface area (Å²) in [6.45, 7) is 3.42. The van der Waals surface area contributed by atoms with Crippen molar-refractivity contribution in [2.24, 2.45) is 0 Å². The van der Waals surface area contributed by atoms with Crippen molar-refractivity contribution in [2.45, 2.75) is 6.42 Å². The van der Waals surface area contributed by atoms with Crippen molar-refractivity contribution in [3.05, 3.63) is 71.6 Å². The first kappa shape index (κ1) is 20.1. The summed E-state index contributed by atoms with van der Waals surface area (Å²) in [5.41, 5.74) is 1.15. The first-order valence-electron chi connectivity index (χ1n) is 8.60. The van der Waals surface area contributed by atoms with Crippen molar-refractivity contribution in [3.63, 3.8) is 0 Å². The highest BCUT2D eigenvalue weighted by molar-refractivity contribution is 6.09. The molecule has 150 valence electrons. The summed E-state index contributed by atoms with van der Waals surface area (Å²) in [6.07, 6.45) is -0.0917. The van der Waals surface area contributed by atoms with Gasteiger partial charge in [0.05, 0.1) is 12.2 Å². The van der Waals surface area contributed by atoms with Crippen molar-refractivity contribution in [2.75, 3.05) is 18.4 Å². The lowest BCUT2D eigenvalue weighted by Crippen LogP contribution is -2.35. The summed E-state index contributed by atoms with van der Waals surface area (Å²) >= 11 is 0. The SMILES string of the molecule is C=C1c2ccccc2C(=O)N1CCC(=O)NCC(=O)Nc1ccc(F)c(F)c1F. The van der Waals surface area contributed by atoms with Crippen LogP contribution >= 0.6 is 0 Å². The fourth-order valence-electron chi connectivity index (χ4n) is 2.87. The van der Waals surface area contributed by atoms with Gasteiger partial charge in [-0.1, -0.05) is 24.8 Å². The van der Waals surface area contributed by atoms with Gasteiger partial charge in [-0.05, 0) is 18.2 Å². The molecule has 0 unspecified atom stereocenters. The number of hydrogen-bond acceptors (Lipinski definition) is 3. The lowest BCUT2D eigenvalue weighted by molar-refractivity contribution is -0.124. The lowest BCUT2D eigenvalue weighted by atomic mass is 10.1. The summed E-state index contributed by atoms with van der Waals surface area (Å²) < 4.78 is 39.6. The Morgan fingerprint density at radius 2 is 1.66 bits per heavy atom. The number of carbonyl (C=O) groups is 3. The van der Waals surface area contributed by atoms with Crippen molar-refractivity contribution in [3.8, 4) is 0 Å². The number of amides is 3. The van der Waals surface area contributed by atoms with Gasteiger partial charge in [-0.15, -0.1) is 0 Å². The zero-order valence-corrected chi connectivity index (χ0v) is 15.1. The number of fused-ring (bicyclic) bond motifs is 1. The van der Waals surface area contributed by atoms with E-state index in [1.165, 1.54) is 4.90 Å². The molecular formula is C20H16F3N3O3. The molecule has 0 bridgehead atoms. The van der Waals surface area contributed by atoms with Gasteiger partial charge < -0.3 is 15.5 Å². The van der Waals surface area contributed by atoms with E-state index in [0.29, 0.717) is 22.9 Å². The van der Waals surface area contributed by atoms with Crippen LogP contribution in [-0.2, 0) is 9.59 Å². The maximum absolute atomic E-state index is 13.5. The Hall–Kier alpha value is -3.62. The van der Waals surface area contributed by atoms with Crippen LogP contribution in [0.5, 0.6) is 0 Å². The highest BCUT2D eigenvalue weighted by Gasteiger charge is 2.30. The van der Waals surface area contributed by atoms with Gasteiger partial charge in [-0.2, -0.15) is 0 Å². The minimum absolute atomic E-state index is 0.0671. The number of carbonyl (C=O) groups excluding carboxylic acids is 3. The molecule has 2 N–H and O–H groups in total. The van der Waals surface area contributed by atoms with Crippen LogP contribution < -0.4 is 10.6 Å². The molecular weight excluding hydrogens is 387 g/mol. The quantitative estimate of drug-likeness (QED) is 0.728. The number of halogens is 3. The number of rotatable bonds is 6. The van der Waals surface area contributed by atoms with E-state index in [1.807, 2.05) is 5.32 Å². The monoisotopic (exact) mass is 403 g/mol. The first-order valence-corrected chi connectivity index (χ1v) is 8.60. The van der Waals surface area contributed by atoms with Crippen LogP contribution in [0.1, 0.15) is 22.3 Å². The van der Waals surface area contributed by atoms with Gasteiger partial charge in [0.25, 0.3) is 5.91 Å². The summed E-state index contributed by atoms with van der Waals surface area (Å²) in [7, 11) is 0. The fourth-order valence-corrected chi connectivity index (χ4v) is 2.87. The van der Waals surface area contributed by atoms with Crippen LogP contribution in [0.4, 0.5) is 18.9 Å². The van der Waals surface area contributed by atoms with Crippen LogP contribution in [0.15, 0.2) is 43.0 Å². The third-order valence-electron chi connectivity index (χ3n) is 4.36. The maximum Gasteiger partial charge on any atom is 0.258 e. The number of hydrogen-bond donors (Lipinski definition) is 2. The summed E-state index contributed by atoms with van der Waals surface area (Å²) in [4.78, 5) is 37.5. The number of nitrogens with one attached hydrogen (secondary N) is 2. The van der Waals surface area contributed by atoms with E-state index in [1.54, 1.807) is 24.3 Å². The minimum Gasteiger partial charge on any atom is -0.347 e. The zero-order chi connectivity index (χ0) is 21.1. The Morgan fingerprint density at radius 3 is 2.34 bits per heavy atom. The average Bonchev–Trinajstić information content (AvgIpc) is 2.96. The fraction of sp³-hybridized carbons (Fsp3) is 0.150. The molecule has 0 atom stereocenters. The molecule has 29 heavy (non-hydrogen) atoms. The molecule has 0 aliphatic carbocycles. The average molecular weight is 403 g/mol. The molecule has 3 amide bonds. The van der Waals surface area contributed by atoms with Gasteiger partial charge in [0.15, 0.2) is 17.5 Å². The third-order valence-corrected chi connectivity index (χ3v) is 4.36. The number of nitrogens with zero attached hydrogens (tertiary/aromatic N) is 1. The van der Waals surface area contributed by atoms with Crippen molar-refractivity contribution in [1.29, 1.82) is 0 Å². The molecule has 0 saturated heterocycles. The summed E-state index contributed by atoms with van der Waals surface area (Å²) in [5.74, 6) is -6.22. The molecule has 0 radical (unpaired) electrons. The van der Waals surface area contributed by atoms with E-state index >= 15 is 0 Å². The predicted molar refractivity (Wildman–Crippen MR) is 99.1 cm³/mol. The largest absolute Gasteiger partial charge is 0.347 e. The highest BCUT2D eigenvalue weighted by Crippen LogP contribution is 2.31. The highest BCUT2D eigenvalue weighted by atomic mass is 19.2. The summed E-state index contributed by atoms with van der Waals surface area (Å²) in [5, 5.41) is 4.36. The minimum atomic E-state index is -1.71. The zero-order valence-electron chi connectivity index (χ0n) is 15.1. The van der Waals surface area contributed by atoms with Crippen LogP contribution in [0.3, 0.4) is 0 Å². The second kappa shape index (κ2) is 8.17. The van der Waals surface area contributed by atoms with Crippen LogP contribution in [0.2, 0.25) is 0 Å². The molecule has 1 aliphatic rings. The van der Waals surface area contributed by atoms with E-state index in [4.69, 9.17) is 0 Å². The Bertz CT molecular complexity index is 988. The topological polar surface area (TPSA) is 78.5 Å². The van der Waals surface area contributed by atoms with E-state index in [2.05, 4.69) is 11.9 Å². The van der Waals surface area contributed by atoms with Gasteiger partial charge in [-0.3, -0.25) is 14.4 Å². The Balaban J connectivity index is 1.48. The summed E-state index contributed by atoms with van der Waals surface area (Å²) in [6, 6.07) is 8.49. The van der Waals surface area contributed by atoms with E-state index < -0.39 is 41.5 Å². The number of anilines is 1.